The molecule has 3 N–H and O–H groups in total. The molecule has 2 aromatic heterocycles. The molecule has 0 spiro atoms. The van der Waals surface area contributed by atoms with Crippen molar-refractivity contribution in [1.29, 1.82) is 0 Å². The van der Waals surface area contributed by atoms with Crippen molar-refractivity contribution >= 4 is 19.2 Å². The number of nitrogens with zero attached hydrogens (tertiary/aromatic N) is 3. The van der Waals surface area contributed by atoms with Gasteiger partial charge in [0, 0.05) is 6.04 Å². The number of carbonyl (C=O) groups excluding carboxylic acids is 1. The van der Waals surface area contributed by atoms with E-state index >= 15 is 0 Å². The van der Waals surface area contributed by atoms with Crippen LogP contribution in [0.15, 0.2) is 48.8 Å². The van der Waals surface area contributed by atoms with Crippen LogP contribution in [-0.4, -0.2) is 68.3 Å². The van der Waals surface area contributed by atoms with Crippen LogP contribution in [0.2, 0.25) is 0 Å². The SMILES string of the molecule is Cc1ncnn2c([C@]3(C)O[C@H](COP(=O)(N[C@@H](C)COC(=O)C(C)(C)C)Oc4ccccc4)[C@@H](O)[C@H]3O)ccc12. The van der Waals surface area contributed by atoms with Crippen LogP contribution in [0.3, 0.4) is 0 Å². The van der Waals surface area contributed by atoms with Crippen LogP contribution in [-0.2, 0) is 29.0 Å². The van der Waals surface area contributed by atoms with Crippen LogP contribution >= 0.6 is 7.75 Å². The number of aliphatic hydroxyl groups excluding tert-OH is 2. The van der Waals surface area contributed by atoms with Gasteiger partial charge in [0.05, 0.1) is 28.9 Å². The van der Waals surface area contributed by atoms with Gasteiger partial charge in [-0.05, 0) is 65.8 Å². The van der Waals surface area contributed by atoms with Crippen LogP contribution in [0.5, 0.6) is 5.75 Å². The summed E-state index contributed by atoms with van der Waals surface area (Å²) in [6.45, 7) is 9.90. The van der Waals surface area contributed by atoms with E-state index in [1.54, 1.807) is 75.5 Å². The molecular weight excluding hydrogens is 539 g/mol. The van der Waals surface area contributed by atoms with Crippen molar-refractivity contribution in [3.8, 4) is 5.75 Å². The third-order valence-electron chi connectivity index (χ3n) is 6.65. The molecular formula is C27H37N4O8P. The van der Waals surface area contributed by atoms with Crippen molar-refractivity contribution < 1.29 is 38.1 Å². The summed E-state index contributed by atoms with van der Waals surface area (Å²) in [6, 6.07) is 11.4. The van der Waals surface area contributed by atoms with Gasteiger partial charge < -0.3 is 24.2 Å². The number of nitrogens with one attached hydrogen (secondary N) is 1. The molecule has 0 aliphatic carbocycles. The Hall–Kier alpha value is -2.86. The van der Waals surface area contributed by atoms with E-state index in [0.717, 1.165) is 11.2 Å². The Morgan fingerprint density at radius 2 is 1.93 bits per heavy atom. The van der Waals surface area contributed by atoms with Gasteiger partial charge in [0.15, 0.2) is 0 Å². The number of ether oxygens (including phenoxy) is 2. The number of esters is 1. The zero-order valence-corrected chi connectivity index (χ0v) is 24.4. The van der Waals surface area contributed by atoms with Crippen molar-refractivity contribution in [2.45, 2.75) is 71.5 Å². The van der Waals surface area contributed by atoms with Gasteiger partial charge in [-0.3, -0.25) is 9.32 Å². The Bertz CT molecular complexity index is 1380. The lowest BCUT2D eigenvalue weighted by molar-refractivity contribution is -0.153. The highest BCUT2D eigenvalue weighted by Gasteiger charge is 2.54. The van der Waals surface area contributed by atoms with Gasteiger partial charge >= 0.3 is 13.7 Å². The second-order valence-electron chi connectivity index (χ2n) is 11.1. The molecule has 3 aromatic rings. The number of carbonyl (C=O) groups is 1. The molecule has 218 valence electrons. The van der Waals surface area contributed by atoms with Crippen molar-refractivity contribution in [1.82, 2.24) is 19.7 Å². The van der Waals surface area contributed by atoms with Crippen LogP contribution in [0.4, 0.5) is 0 Å². The molecule has 0 radical (unpaired) electrons. The monoisotopic (exact) mass is 576 g/mol. The van der Waals surface area contributed by atoms with E-state index in [2.05, 4.69) is 15.2 Å². The topological polar surface area (TPSA) is 154 Å². The van der Waals surface area contributed by atoms with Crippen molar-refractivity contribution in [3.05, 3.63) is 60.2 Å². The minimum atomic E-state index is -4.08. The first-order valence-electron chi connectivity index (χ1n) is 13.0. The number of para-hydroxylation sites is 1. The molecule has 1 unspecified atom stereocenters. The molecule has 1 fully saturated rings. The quantitative estimate of drug-likeness (QED) is 0.241. The molecule has 0 saturated carbocycles. The number of fused-ring (bicyclic) bond motifs is 1. The lowest BCUT2D eigenvalue weighted by Gasteiger charge is -2.28. The Balaban J connectivity index is 1.50. The Morgan fingerprint density at radius 1 is 1.23 bits per heavy atom. The van der Waals surface area contributed by atoms with Crippen LogP contribution < -0.4 is 9.61 Å². The molecule has 1 aromatic carbocycles. The van der Waals surface area contributed by atoms with Gasteiger partial charge in [-0.25, -0.2) is 19.2 Å². The molecule has 1 saturated heterocycles. The zero-order valence-electron chi connectivity index (χ0n) is 23.5. The summed E-state index contributed by atoms with van der Waals surface area (Å²) in [6.07, 6.45) is -2.37. The highest BCUT2D eigenvalue weighted by atomic mass is 31.2. The maximum Gasteiger partial charge on any atom is 0.459 e. The second-order valence-corrected chi connectivity index (χ2v) is 12.8. The molecule has 0 amide bonds. The first-order valence-corrected chi connectivity index (χ1v) is 14.6. The van der Waals surface area contributed by atoms with Crippen LogP contribution in [0.1, 0.15) is 46.0 Å². The summed E-state index contributed by atoms with van der Waals surface area (Å²) in [5.41, 5.74) is -0.0645. The smallest absolute Gasteiger partial charge is 0.459 e. The number of benzene rings is 1. The number of rotatable bonds is 10. The average Bonchev–Trinajstić information content (AvgIpc) is 3.43. The average molecular weight is 577 g/mol. The van der Waals surface area contributed by atoms with Crippen LogP contribution in [0, 0.1) is 12.3 Å². The lowest BCUT2D eigenvalue weighted by atomic mass is 9.93. The largest absolute Gasteiger partial charge is 0.464 e. The van der Waals surface area contributed by atoms with Gasteiger partial charge in [0.25, 0.3) is 0 Å². The number of hydrogen-bond acceptors (Lipinski definition) is 10. The Morgan fingerprint density at radius 3 is 2.60 bits per heavy atom. The predicted molar refractivity (Wildman–Crippen MR) is 146 cm³/mol. The molecule has 4 rings (SSSR count). The Kier molecular flexibility index (Phi) is 8.70. The Labute approximate surface area is 233 Å². The third-order valence-corrected chi connectivity index (χ3v) is 8.35. The van der Waals surface area contributed by atoms with Crippen LogP contribution in [0.25, 0.3) is 5.52 Å². The summed E-state index contributed by atoms with van der Waals surface area (Å²) in [5.74, 6) is -0.125. The highest BCUT2D eigenvalue weighted by Crippen LogP contribution is 2.47. The van der Waals surface area contributed by atoms with E-state index < -0.39 is 49.1 Å². The summed E-state index contributed by atoms with van der Waals surface area (Å²) < 4.78 is 38.4. The minimum Gasteiger partial charge on any atom is -0.464 e. The van der Waals surface area contributed by atoms with E-state index in [9.17, 15) is 19.6 Å². The van der Waals surface area contributed by atoms with Gasteiger partial charge in [0.2, 0.25) is 0 Å². The highest BCUT2D eigenvalue weighted by molar-refractivity contribution is 7.52. The molecule has 40 heavy (non-hydrogen) atoms. The second kappa shape index (κ2) is 11.6. The van der Waals surface area contributed by atoms with Crippen molar-refractivity contribution in [3.63, 3.8) is 0 Å². The third kappa shape index (κ3) is 6.38. The molecule has 12 nitrogen and oxygen atoms in total. The summed E-state index contributed by atoms with van der Waals surface area (Å²) >= 11 is 0. The van der Waals surface area contributed by atoms with Gasteiger partial charge in [-0.1, -0.05) is 18.2 Å². The van der Waals surface area contributed by atoms with E-state index in [0.29, 0.717) is 5.69 Å². The lowest BCUT2D eigenvalue weighted by Crippen LogP contribution is -2.39. The molecule has 6 atom stereocenters. The van der Waals surface area contributed by atoms with Crippen molar-refractivity contribution in [2.24, 2.45) is 5.41 Å². The normalized spacial score (nSPS) is 25.4. The van der Waals surface area contributed by atoms with E-state index in [1.807, 2.05) is 13.0 Å². The minimum absolute atomic E-state index is 0.0799. The first kappa shape index (κ1) is 30.1. The zero-order chi connectivity index (χ0) is 29.3. The van der Waals surface area contributed by atoms with E-state index in [4.69, 9.17) is 18.5 Å². The number of aryl methyl sites for hydroxylation is 1. The fraction of sp³-hybridized carbons (Fsp3) is 0.519. The van der Waals surface area contributed by atoms with Gasteiger partial charge in [0.1, 0.15) is 42.6 Å². The maximum atomic E-state index is 13.9. The van der Waals surface area contributed by atoms with Gasteiger partial charge in [-0.2, -0.15) is 5.10 Å². The fourth-order valence-corrected chi connectivity index (χ4v) is 5.90. The molecule has 1 aliphatic rings. The summed E-state index contributed by atoms with van der Waals surface area (Å²) in [5, 5.41) is 29.0. The maximum absolute atomic E-state index is 13.9. The number of hydrogen-bond donors (Lipinski definition) is 3. The molecule has 1 aliphatic heterocycles. The summed E-state index contributed by atoms with van der Waals surface area (Å²) in [7, 11) is -4.08. The number of aromatic nitrogens is 3. The van der Waals surface area contributed by atoms with Crippen molar-refractivity contribution in [2.75, 3.05) is 13.2 Å². The fourth-order valence-electron chi connectivity index (χ4n) is 4.37. The molecule has 13 heteroatoms. The first-order chi connectivity index (χ1) is 18.7. The summed E-state index contributed by atoms with van der Waals surface area (Å²) in [4.78, 5) is 16.4. The molecule has 3 heterocycles. The van der Waals surface area contributed by atoms with Gasteiger partial charge in [-0.15, -0.1) is 0 Å². The molecule has 0 bridgehead atoms. The van der Waals surface area contributed by atoms with E-state index in [1.165, 1.54) is 6.33 Å². The van der Waals surface area contributed by atoms with E-state index in [-0.39, 0.29) is 19.0 Å². The standard InChI is InChI=1S/C27H37N4O8P/c1-17(14-36-25(34)26(3,4)5)30-40(35,39-19-10-8-7-9-11-19)37-15-21-23(32)24(33)27(6,38-21)22-13-12-20-18(2)28-16-29-31(20)22/h7-13,16-17,21,23-24,32-33H,14-15H2,1-6H3,(H,30,35)/t17-,21+,23+,24+,27-,40?/m0/s1. The number of aliphatic hydroxyl groups is 2. The predicted octanol–water partition coefficient (Wildman–Crippen LogP) is 3.14.